The Hall–Kier alpha value is -1.98. The van der Waals surface area contributed by atoms with Crippen molar-refractivity contribution in [3.8, 4) is 0 Å². The maximum Gasteiger partial charge on any atom is 0.270 e. The molecule has 1 aromatic carbocycles. The highest BCUT2D eigenvalue weighted by atomic mass is 16.3. The number of fused-ring (bicyclic) bond motifs is 1. The van der Waals surface area contributed by atoms with E-state index in [1.807, 2.05) is 30.3 Å². The first-order chi connectivity index (χ1) is 8.76. The highest BCUT2D eigenvalue weighted by Gasteiger charge is 2.15. The summed E-state index contributed by atoms with van der Waals surface area (Å²) in [5.74, 6) is -0.403. The summed E-state index contributed by atoms with van der Waals surface area (Å²) in [6.45, 7) is -0.625. The smallest absolute Gasteiger partial charge is 0.270 e. The standard InChI is InChI=1S/C13H14N2O3/c16-7-10(8-17)15-13(18)12-11-4-2-1-3-9(11)5-6-14-12/h1-6,10,16-17H,7-8H2,(H,15,18). The minimum atomic E-state index is -0.668. The van der Waals surface area contributed by atoms with Crippen LogP contribution in [0.4, 0.5) is 0 Å². The predicted octanol–water partition coefficient (Wildman–Crippen LogP) is 0.318. The van der Waals surface area contributed by atoms with Gasteiger partial charge in [-0.05, 0) is 11.5 Å². The summed E-state index contributed by atoms with van der Waals surface area (Å²) in [6.07, 6.45) is 1.56. The minimum Gasteiger partial charge on any atom is -0.394 e. The Balaban J connectivity index is 2.33. The molecular weight excluding hydrogens is 232 g/mol. The molecule has 94 valence electrons. The monoisotopic (exact) mass is 246 g/mol. The first kappa shape index (κ1) is 12.5. The van der Waals surface area contributed by atoms with Crippen molar-refractivity contribution in [1.82, 2.24) is 10.3 Å². The molecule has 0 saturated heterocycles. The van der Waals surface area contributed by atoms with Crippen molar-refractivity contribution in [2.45, 2.75) is 6.04 Å². The Morgan fingerprint density at radius 1 is 1.22 bits per heavy atom. The Bertz CT molecular complexity index is 547. The first-order valence-corrected chi connectivity index (χ1v) is 5.62. The zero-order valence-corrected chi connectivity index (χ0v) is 9.71. The number of nitrogens with one attached hydrogen (secondary N) is 1. The summed E-state index contributed by atoms with van der Waals surface area (Å²) in [6, 6.07) is 8.57. The van der Waals surface area contributed by atoms with Crippen LogP contribution in [0, 0.1) is 0 Å². The molecule has 2 rings (SSSR count). The fraction of sp³-hybridized carbons (Fsp3) is 0.231. The summed E-state index contributed by atoms with van der Waals surface area (Å²) in [7, 11) is 0. The molecule has 0 spiro atoms. The number of hydrogen-bond acceptors (Lipinski definition) is 4. The molecule has 5 nitrogen and oxygen atoms in total. The SMILES string of the molecule is O=C(NC(CO)CO)c1nccc2ccccc12. The number of rotatable bonds is 4. The van der Waals surface area contributed by atoms with Crippen LogP contribution in [0.15, 0.2) is 36.5 Å². The number of aliphatic hydroxyl groups excluding tert-OH is 2. The van der Waals surface area contributed by atoms with Gasteiger partial charge in [0.05, 0.1) is 19.3 Å². The summed E-state index contributed by atoms with van der Waals surface area (Å²) >= 11 is 0. The van der Waals surface area contributed by atoms with Crippen LogP contribution >= 0.6 is 0 Å². The molecule has 18 heavy (non-hydrogen) atoms. The first-order valence-electron chi connectivity index (χ1n) is 5.62. The molecule has 0 bridgehead atoms. The van der Waals surface area contributed by atoms with E-state index in [0.29, 0.717) is 5.69 Å². The minimum absolute atomic E-state index is 0.292. The second kappa shape index (κ2) is 5.57. The van der Waals surface area contributed by atoms with Crippen molar-refractivity contribution in [3.05, 3.63) is 42.2 Å². The predicted molar refractivity (Wildman–Crippen MR) is 67.2 cm³/mol. The van der Waals surface area contributed by atoms with Gasteiger partial charge in [0.25, 0.3) is 5.91 Å². The Labute approximate surface area is 104 Å². The Morgan fingerprint density at radius 3 is 2.67 bits per heavy atom. The topological polar surface area (TPSA) is 82.5 Å². The van der Waals surface area contributed by atoms with Crippen molar-refractivity contribution < 1.29 is 15.0 Å². The van der Waals surface area contributed by atoms with Gasteiger partial charge < -0.3 is 15.5 Å². The number of benzene rings is 1. The molecule has 0 radical (unpaired) electrons. The number of hydrogen-bond donors (Lipinski definition) is 3. The van der Waals surface area contributed by atoms with E-state index in [4.69, 9.17) is 10.2 Å². The third-order valence-electron chi connectivity index (χ3n) is 2.66. The van der Waals surface area contributed by atoms with Crippen LogP contribution in [0.2, 0.25) is 0 Å². The summed E-state index contributed by atoms with van der Waals surface area (Å²) < 4.78 is 0. The number of aliphatic hydroxyl groups is 2. The van der Waals surface area contributed by atoms with Gasteiger partial charge in [-0.25, -0.2) is 0 Å². The maximum atomic E-state index is 12.0. The molecule has 1 aromatic heterocycles. The van der Waals surface area contributed by atoms with E-state index in [9.17, 15) is 4.79 Å². The molecule has 0 aliphatic rings. The molecule has 0 atom stereocenters. The van der Waals surface area contributed by atoms with Gasteiger partial charge in [-0.15, -0.1) is 0 Å². The number of nitrogens with zero attached hydrogens (tertiary/aromatic N) is 1. The lowest BCUT2D eigenvalue weighted by atomic mass is 10.1. The van der Waals surface area contributed by atoms with E-state index >= 15 is 0 Å². The molecule has 0 aliphatic heterocycles. The molecule has 2 aromatic rings. The van der Waals surface area contributed by atoms with Gasteiger partial charge in [-0.2, -0.15) is 0 Å². The second-order valence-electron chi connectivity index (χ2n) is 3.92. The van der Waals surface area contributed by atoms with Crippen LogP contribution in [0.1, 0.15) is 10.5 Å². The Morgan fingerprint density at radius 2 is 1.94 bits per heavy atom. The van der Waals surface area contributed by atoms with Crippen molar-refractivity contribution in [2.24, 2.45) is 0 Å². The van der Waals surface area contributed by atoms with Crippen LogP contribution in [0.5, 0.6) is 0 Å². The van der Waals surface area contributed by atoms with Crippen LogP contribution in [0.3, 0.4) is 0 Å². The molecule has 0 saturated carbocycles. The maximum absolute atomic E-state index is 12.0. The van der Waals surface area contributed by atoms with Gasteiger partial charge >= 0.3 is 0 Å². The number of carbonyl (C=O) groups excluding carboxylic acids is 1. The fourth-order valence-corrected chi connectivity index (χ4v) is 1.70. The quantitative estimate of drug-likeness (QED) is 0.725. The molecule has 5 heteroatoms. The van der Waals surface area contributed by atoms with Gasteiger partial charge in [0, 0.05) is 11.6 Å². The van der Waals surface area contributed by atoms with E-state index in [0.717, 1.165) is 10.8 Å². The van der Waals surface area contributed by atoms with Gasteiger partial charge in [0.1, 0.15) is 5.69 Å². The van der Waals surface area contributed by atoms with Gasteiger partial charge in [-0.1, -0.05) is 24.3 Å². The lowest BCUT2D eigenvalue weighted by molar-refractivity contribution is 0.0876. The number of amides is 1. The van der Waals surface area contributed by atoms with E-state index in [1.54, 1.807) is 6.20 Å². The van der Waals surface area contributed by atoms with Crippen LogP contribution in [-0.4, -0.2) is 40.4 Å². The molecule has 3 N–H and O–H groups in total. The number of pyridine rings is 1. The lowest BCUT2D eigenvalue weighted by Gasteiger charge is -2.13. The van der Waals surface area contributed by atoms with Gasteiger partial charge in [0.15, 0.2) is 0 Å². The number of carbonyl (C=O) groups is 1. The van der Waals surface area contributed by atoms with Crippen molar-refractivity contribution in [3.63, 3.8) is 0 Å². The average Bonchev–Trinajstić information content (AvgIpc) is 2.43. The average molecular weight is 246 g/mol. The highest BCUT2D eigenvalue weighted by molar-refractivity contribution is 6.05. The van der Waals surface area contributed by atoms with Gasteiger partial charge in [-0.3, -0.25) is 9.78 Å². The summed E-state index contributed by atoms with van der Waals surface area (Å²) in [4.78, 5) is 16.0. The molecule has 0 aliphatic carbocycles. The molecule has 1 heterocycles. The van der Waals surface area contributed by atoms with Crippen molar-refractivity contribution >= 4 is 16.7 Å². The fourth-order valence-electron chi connectivity index (χ4n) is 1.70. The zero-order valence-electron chi connectivity index (χ0n) is 9.71. The van der Waals surface area contributed by atoms with E-state index in [2.05, 4.69) is 10.3 Å². The van der Waals surface area contributed by atoms with Crippen LogP contribution in [0.25, 0.3) is 10.8 Å². The Kier molecular flexibility index (Phi) is 3.86. The van der Waals surface area contributed by atoms with Crippen LogP contribution < -0.4 is 5.32 Å². The van der Waals surface area contributed by atoms with Crippen LogP contribution in [-0.2, 0) is 0 Å². The molecule has 0 unspecified atom stereocenters. The number of aromatic nitrogens is 1. The second-order valence-corrected chi connectivity index (χ2v) is 3.92. The van der Waals surface area contributed by atoms with E-state index in [1.165, 1.54) is 0 Å². The lowest BCUT2D eigenvalue weighted by Crippen LogP contribution is -2.40. The van der Waals surface area contributed by atoms with Crippen molar-refractivity contribution in [2.75, 3.05) is 13.2 Å². The third-order valence-corrected chi connectivity index (χ3v) is 2.66. The normalized spacial score (nSPS) is 10.8. The van der Waals surface area contributed by atoms with E-state index in [-0.39, 0.29) is 13.2 Å². The third kappa shape index (κ3) is 2.47. The van der Waals surface area contributed by atoms with Crippen molar-refractivity contribution in [1.29, 1.82) is 0 Å². The highest BCUT2D eigenvalue weighted by Crippen LogP contribution is 2.16. The molecule has 1 amide bonds. The molecular formula is C13H14N2O3. The largest absolute Gasteiger partial charge is 0.394 e. The zero-order chi connectivity index (χ0) is 13.0. The van der Waals surface area contributed by atoms with E-state index < -0.39 is 11.9 Å². The molecule has 0 fully saturated rings. The summed E-state index contributed by atoms with van der Waals surface area (Å²) in [5, 5.41) is 22.1. The summed E-state index contributed by atoms with van der Waals surface area (Å²) in [5.41, 5.74) is 0.292. The van der Waals surface area contributed by atoms with Gasteiger partial charge in [0.2, 0.25) is 0 Å².